The molecule has 2 aromatic heterocycles. The maximum atomic E-state index is 16.9. The standard InChI is InChI=1S/C33H37F2N7O4S/c1-3-24(43)37-20-15-42(10-13-45-16-20)30-22-14-19(2)25(21-4-5-23(34)29-28(21)38-31(36)47-29)26(35)27(22)39-32(40-30)46-18-33(6-7-33)17-41-8-11-44-12-9-41/h3-5,14,20H,1,6-13,15-18H2,2H3,(H2,36,38)(H,37,43)/t20-/m1/s1. The summed E-state index contributed by atoms with van der Waals surface area (Å²) in [5, 5.41) is 3.58. The molecule has 3 fully saturated rings. The summed E-state index contributed by atoms with van der Waals surface area (Å²) >= 11 is 1.02. The Morgan fingerprint density at radius 3 is 2.72 bits per heavy atom. The van der Waals surface area contributed by atoms with E-state index in [1.54, 1.807) is 6.92 Å². The largest absolute Gasteiger partial charge is 0.463 e. The second-order valence-corrected chi connectivity index (χ2v) is 13.6. The van der Waals surface area contributed by atoms with Crippen LogP contribution in [0.3, 0.4) is 0 Å². The normalized spacial score (nSPS) is 19.9. The molecule has 2 aromatic carbocycles. The molecule has 0 unspecified atom stereocenters. The number of carbonyl (C=O) groups excluding carboxylic acids is 1. The third-order valence-corrected chi connectivity index (χ3v) is 9.99. The van der Waals surface area contributed by atoms with E-state index in [4.69, 9.17) is 24.9 Å². The molecule has 1 aliphatic carbocycles. The van der Waals surface area contributed by atoms with Gasteiger partial charge in [0.15, 0.2) is 10.9 Å². The Hall–Kier alpha value is -3.98. The Morgan fingerprint density at radius 1 is 1.17 bits per heavy atom. The molecule has 47 heavy (non-hydrogen) atoms. The van der Waals surface area contributed by atoms with Gasteiger partial charge in [-0.2, -0.15) is 9.97 Å². The molecule has 11 nitrogen and oxygen atoms in total. The lowest BCUT2D eigenvalue weighted by molar-refractivity contribution is -0.117. The van der Waals surface area contributed by atoms with Crippen LogP contribution in [0.2, 0.25) is 0 Å². The van der Waals surface area contributed by atoms with Crippen LogP contribution in [0.15, 0.2) is 30.9 Å². The van der Waals surface area contributed by atoms with E-state index >= 15 is 4.39 Å². The average molecular weight is 666 g/mol. The summed E-state index contributed by atoms with van der Waals surface area (Å²) in [6, 6.07) is 4.37. The molecule has 4 aromatic rings. The van der Waals surface area contributed by atoms with E-state index < -0.39 is 11.6 Å². The number of rotatable bonds is 9. The lowest BCUT2D eigenvalue weighted by atomic mass is 9.96. The van der Waals surface area contributed by atoms with Gasteiger partial charge in [-0.05, 0) is 49.6 Å². The van der Waals surface area contributed by atoms with Crippen LogP contribution in [-0.4, -0.2) is 97.6 Å². The van der Waals surface area contributed by atoms with E-state index in [-0.39, 0.29) is 44.3 Å². The van der Waals surface area contributed by atoms with Gasteiger partial charge in [-0.15, -0.1) is 0 Å². The van der Waals surface area contributed by atoms with Gasteiger partial charge in [0.25, 0.3) is 0 Å². The fraction of sp³-hybridized carbons (Fsp3) is 0.455. The Bertz CT molecular complexity index is 1840. The van der Waals surface area contributed by atoms with E-state index in [9.17, 15) is 9.18 Å². The van der Waals surface area contributed by atoms with Crippen molar-refractivity contribution in [2.24, 2.45) is 5.41 Å². The van der Waals surface area contributed by atoms with Gasteiger partial charge in [0.2, 0.25) is 5.91 Å². The SMILES string of the molecule is C=CC(=O)N[C@H]1COCCN(c2nc(OCC3(CN4CCOCC4)CC3)nc3c(F)c(-c4ccc(F)c5sc(N)nc45)c(C)cc23)C1. The minimum atomic E-state index is -0.593. The van der Waals surface area contributed by atoms with Crippen molar-refractivity contribution in [2.45, 2.75) is 25.8 Å². The van der Waals surface area contributed by atoms with E-state index in [1.165, 1.54) is 18.2 Å². The zero-order valence-electron chi connectivity index (χ0n) is 26.2. The quantitative estimate of drug-likeness (QED) is 0.253. The number of nitrogen functional groups attached to an aromatic ring is 1. The van der Waals surface area contributed by atoms with E-state index in [1.807, 2.05) is 11.0 Å². The molecule has 2 aliphatic heterocycles. The molecule has 1 atom stereocenters. The predicted octanol–water partition coefficient (Wildman–Crippen LogP) is 4.07. The molecule has 0 bridgehead atoms. The molecule has 0 spiro atoms. The van der Waals surface area contributed by atoms with Crippen LogP contribution in [0.1, 0.15) is 18.4 Å². The number of carbonyl (C=O) groups is 1. The molecule has 0 radical (unpaired) electrons. The summed E-state index contributed by atoms with van der Waals surface area (Å²) < 4.78 is 49.5. The number of amides is 1. The van der Waals surface area contributed by atoms with Crippen LogP contribution in [0.5, 0.6) is 6.01 Å². The predicted molar refractivity (Wildman–Crippen MR) is 177 cm³/mol. The highest BCUT2D eigenvalue weighted by atomic mass is 32.1. The minimum absolute atomic E-state index is 0.0203. The van der Waals surface area contributed by atoms with Crippen molar-refractivity contribution in [1.82, 2.24) is 25.2 Å². The van der Waals surface area contributed by atoms with Gasteiger partial charge in [-0.1, -0.05) is 17.9 Å². The molecule has 7 rings (SSSR count). The number of halogens is 2. The lowest BCUT2D eigenvalue weighted by Gasteiger charge is -2.30. The number of anilines is 2. The Morgan fingerprint density at radius 2 is 1.96 bits per heavy atom. The number of ether oxygens (including phenoxy) is 3. The molecule has 2 saturated heterocycles. The Kier molecular flexibility index (Phi) is 8.68. The van der Waals surface area contributed by atoms with Crippen LogP contribution in [0.4, 0.5) is 19.7 Å². The molecule has 1 amide bonds. The van der Waals surface area contributed by atoms with Crippen LogP contribution >= 0.6 is 11.3 Å². The first kappa shape index (κ1) is 31.6. The zero-order valence-corrected chi connectivity index (χ0v) is 27.0. The number of hydrogen-bond acceptors (Lipinski definition) is 11. The van der Waals surface area contributed by atoms with E-state index in [0.717, 1.165) is 57.0 Å². The maximum absolute atomic E-state index is 16.9. The number of nitrogens with two attached hydrogens (primary N) is 1. The van der Waals surface area contributed by atoms with Gasteiger partial charge in [0, 0.05) is 54.7 Å². The van der Waals surface area contributed by atoms with Crippen molar-refractivity contribution >= 4 is 49.3 Å². The van der Waals surface area contributed by atoms with Crippen LogP contribution in [-0.2, 0) is 14.3 Å². The molecular formula is C33H37F2N7O4S. The summed E-state index contributed by atoms with van der Waals surface area (Å²) in [5.74, 6) is -0.899. The first-order valence-electron chi connectivity index (χ1n) is 15.8. The highest BCUT2D eigenvalue weighted by Gasteiger charge is 2.45. The number of benzene rings is 2. The summed E-state index contributed by atoms with van der Waals surface area (Å²) in [4.78, 5) is 30.4. The third kappa shape index (κ3) is 6.47. The topological polar surface area (TPSA) is 128 Å². The molecule has 14 heteroatoms. The summed E-state index contributed by atoms with van der Waals surface area (Å²) in [6.45, 7) is 11.3. The molecule has 3 N–H and O–H groups in total. The highest BCUT2D eigenvalue weighted by molar-refractivity contribution is 7.22. The molecule has 4 heterocycles. The van der Waals surface area contributed by atoms with Crippen molar-refractivity contribution in [1.29, 1.82) is 0 Å². The number of nitrogens with zero attached hydrogens (tertiary/aromatic N) is 5. The number of aryl methyl sites for hydroxylation is 1. The van der Waals surface area contributed by atoms with Crippen molar-refractivity contribution in [3.8, 4) is 17.1 Å². The van der Waals surface area contributed by atoms with Gasteiger partial charge >= 0.3 is 6.01 Å². The summed E-state index contributed by atoms with van der Waals surface area (Å²) in [6.07, 6.45) is 3.26. The number of nitrogens with one attached hydrogen (secondary N) is 1. The highest BCUT2D eigenvalue weighted by Crippen LogP contribution is 2.47. The summed E-state index contributed by atoms with van der Waals surface area (Å²) in [7, 11) is 0. The van der Waals surface area contributed by atoms with Crippen molar-refractivity contribution in [2.75, 3.05) is 76.4 Å². The van der Waals surface area contributed by atoms with E-state index in [0.29, 0.717) is 60.8 Å². The van der Waals surface area contributed by atoms with Crippen molar-refractivity contribution in [3.63, 3.8) is 0 Å². The van der Waals surface area contributed by atoms with Crippen molar-refractivity contribution in [3.05, 3.63) is 48.1 Å². The second kappa shape index (κ2) is 12.9. The smallest absolute Gasteiger partial charge is 0.319 e. The first-order valence-corrected chi connectivity index (χ1v) is 16.6. The molecule has 1 saturated carbocycles. The fourth-order valence-electron chi connectivity index (χ4n) is 6.47. The lowest BCUT2D eigenvalue weighted by Crippen LogP contribution is -2.44. The van der Waals surface area contributed by atoms with Gasteiger partial charge < -0.3 is 30.2 Å². The second-order valence-electron chi connectivity index (χ2n) is 12.5. The average Bonchev–Trinajstić information content (AvgIpc) is 3.77. The molecule has 248 valence electrons. The number of aromatic nitrogens is 3. The monoisotopic (exact) mass is 665 g/mol. The fourth-order valence-corrected chi connectivity index (χ4v) is 7.24. The van der Waals surface area contributed by atoms with Gasteiger partial charge in [0.05, 0.1) is 49.3 Å². The number of fused-ring (bicyclic) bond motifs is 2. The number of thiazole rings is 1. The Balaban J connectivity index is 1.30. The van der Waals surface area contributed by atoms with Crippen molar-refractivity contribution < 1.29 is 27.8 Å². The zero-order chi connectivity index (χ0) is 32.7. The molecule has 3 aliphatic rings. The number of morpholine rings is 1. The first-order chi connectivity index (χ1) is 22.7. The van der Waals surface area contributed by atoms with Crippen LogP contribution < -0.4 is 20.7 Å². The van der Waals surface area contributed by atoms with E-state index in [2.05, 4.69) is 26.8 Å². The minimum Gasteiger partial charge on any atom is -0.463 e. The van der Waals surface area contributed by atoms with Gasteiger partial charge in [0.1, 0.15) is 17.2 Å². The third-order valence-electron chi connectivity index (χ3n) is 9.09. The summed E-state index contributed by atoms with van der Waals surface area (Å²) in [5.41, 5.74) is 7.56. The molecular weight excluding hydrogens is 628 g/mol. The Labute approximate surface area is 274 Å². The maximum Gasteiger partial charge on any atom is 0.319 e. The van der Waals surface area contributed by atoms with Gasteiger partial charge in [-0.3, -0.25) is 9.69 Å². The van der Waals surface area contributed by atoms with Crippen LogP contribution in [0, 0.1) is 24.0 Å². The number of hydrogen-bond donors (Lipinski definition) is 2. The van der Waals surface area contributed by atoms with Gasteiger partial charge in [-0.25, -0.2) is 13.8 Å². The van der Waals surface area contributed by atoms with Crippen LogP contribution in [0.25, 0.3) is 32.2 Å².